The van der Waals surface area contributed by atoms with Crippen LogP contribution in [0, 0.1) is 0 Å². The first-order valence-electron chi connectivity index (χ1n) is 7.70. The molecule has 1 aromatic carbocycles. The Bertz CT molecular complexity index is 647. The fourth-order valence-corrected chi connectivity index (χ4v) is 3.35. The van der Waals surface area contributed by atoms with Gasteiger partial charge in [-0.05, 0) is 24.5 Å². The van der Waals surface area contributed by atoms with Crippen molar-refractivity contribution in [3.8, 4) is 0 Å². The molecule has 1 unspecified atom stereocenters. The van der Waals surface area contributed by atoms with Gasteiger partial charge in [0, 0.05) is 23.1 Å². The van der Waals surface area contributed by atoms with Crippen LogP contribution in [0.25, 0.3) is 10.9 Å². The summed E-state index contributed by atoms with van der Waals surface area (Å²) in [4.78, 5) is 17.5. The number of hydrogen-bond acceptors (Lipinski definition) is 2. The lowest BCUT2D eigenvalue weighted by molar-refractivity contribution is 0.0968. The van der Waals surface area contributed by atoms with E-state index in [1.54, 1.807) is 0 Å². The minimum atomic E-state index is -0.222. The Morgan fingerprint density at radius 1 is 1.43 bits per heavy atom. The zero-order valence-corrected chi connectivity index (χ0v) is 12.7. The molecule has 0 radical (unpaired) electrons. The summed E-state index contributed by atoms with van der Waals surface area (Å²) in [5, 5.41) is 1.29. The summed E-state index contributed by atoms with van der Waals surface area (Å²) in [6.07, 6.45) is 3.87. The Hall–Kier alpha value is -1.97. The molecular formula is C17H22N2O2. The molecule has 1 aromatic heterocycles. The van der Waals surface area contributed by atoms with E-state index in [2.05, 4.69) is 30.1 Å². The third kappa shape index (κ3) is 2.39. The topological polar surface area (TPSA) is 45.3 Å². The van der Waals surface area contributed by atoms with Crippen LogP contribution in [0.4, 0.5) is 4.79 Å². The number of amides is 1. The first-order valence-corrected chi connectivity index (χ1v) is 7.70. The van der Waals surface area contributed by atoms with Crippen LogP contribution in [-0.2, 0) is 11.2 Å². The van der Waals surface area contributed by atoms with Crippen molar-refractivity contribution in [2.24, 2.45) is 0 Å². The summed E-state index contributed by atoms with van der Waals surface area (Å²) in [5.74, 6) is 0. The Labute approximate surface area is 125 Å². The molecule has 1 aliphatic rings. The van der Waals surface area contributed by atoms with Crippen LogP contribution in [0.3, 0.4) is 0 Å². The Morgan fingerprint density at radius 2 is 2.24 bits per heavy atom. The maximum Gasteiger partial charge on any atom is 0.410 e. The number of rotatable bonds is 3. The molecular weight excluding hydrogens is 264 g/mol. The highest BCUT2D eigenvalue weighted by Gasteiger charge is 2.33. The number of H-pyrrole nitrogens is 1. The highest BCUT2D eigenvalue weighted by Crippen LogP contribution is 2.37. The van der Waals surface area contributed by atoms with E-state index in [4.69, 9.17) is 4.74 Å². The molecule has 0 fully saturated rings. The molecule has 2 heterocycles. The van der Waals surface area contributed by atoms with E-state index in [-0.39, 0.29) is 12.1 Å². The van der Waals surface area contributed by atoms with E-state index < -0.39 is 0 Å². The number of carbonyl (C=O) groups excluding carboxylic acids is 1. The number of hydrogen-bond donors (Lipinski definition) is 1. The average Bonchev–Trinajstić information content (AvgIpc) is 2.90. The van der Waals surface area contributed by atoms with Gasteiger partial charge in [-0.3, -0.25) is 4.90 Å². The first kappa shape index (κ1) is 14.0. The average molecular weight is 286 g/mol. The van der Waals surface area contributed by atoms with Crippen LogP contribution in [0.5, 0.6) is 0 Å². The van der Waals surface area contributed by atoms with Crippen LogP contribution in [0.1, 0.15) is 43.5 Å². The van der Waals surface area contributed by atoms with Crippen LogP contribution in [0.15, 0.2) is 24.3 Å². The van der Waals surface area contributed by atoms with Gasteiger partial charge in [-0.15, -0.1) is 0 Å². The highest BCUT2D eigenvalue weighted by atomic mass is 16.5. The van der Waals surface area contributed by atoms with Gasteiger partial charge in [0.05, 0.1) is 13.2 Å². The molecule has 1 atom stereocenters. The number of aromatic amines is 1. The summed E-state index contributed by atoms with van der Waals surface area (Å²) in [6, 6.07) is 8.49. The number of ether oxygens (including phenoxy) is 1. The minimum Gasteiger partial charge on any atom is -0.453 e. The molecule has 112 valence electrons. The van der Waals surface area contributed by atoms with E-state index in [1.165, 1.54) is 23.8 Å². The van der Waals surface area contributed by atoms with Crippen molar-refractivity contribution >= 4 is 17.0 Å². The van der Waals surface area contributed by atoms with Gasteiger partial charge in [0.1, 0.15) is 0 Å². The monoisotopic (exact) mass is 286 g/mol. The minimum absolute atomic E-state index is 0.105. The number of carbonyl (C=O) groups is 1. The molecule has 0 spiro atoms. The molecule has 0 bridgehead atoms. The fourth-order valence-electron chi connectivity index (χ4n) is 3.35. The molecule has 3 rings (SSSR count). The van der Waals surface area contributed by atoms with Gasteiger partial charge in [0.2, 0.25) is 0 Å². The molecule has 1 amide bonds. The van der Waals surface area contributed by atoms with Gasteiger partial charge in [-0.2, -0.15) is 0 Å². The second-order valence-electron chi connectivity index (χ2n) is 5.63. The van der Waals surface area contributed by atoms with Gasteiger partial charge in [0.25, 0.3) is 0 Å². The predicted molar refractivity (Wildman–Crippen MR) is 83.4 cm³/mol. The zero-order valence-electron chi connectivity index (χ0n) is 12.7. The summed E-state index contributed by atoms with van der Waals surface area (Å²) in [6.45, 7) is 2.91. The second-order valence-corrected chi connectivity index (χ2v) is 5.63. The summed E-state index contributed by atoms with van der Waals surface area (Å²) in [5.41, 5.74) is 3.73. The van der Waals surface area contributed by atoms with Crippen LogP contribution >= 0.6 is 0 Å². The molecule has 0 saturated heterocycles. The molecule has 4 heteroatoms. The van der Waals surface area contributed by atoms with Crippen molar-refractivity contribution in [2.75, 3.05) is 13.7 Å². The second kappa shape index (κ2) is 5.80. The third-order valence-electron chi connectivity index (χ3n) is 4.40. The summed E-state index contributed by atoms with van der Waals surface area (Å²) < 4.78 is 4.96. The van der Waals surface area contributed by atoms with Crippen LogP contribution in [-0.4, -0.2) is 29.6 Å². The number of para-hydroxylation sites is 1. The number of methoxy groups -OCH3 is 1. The van der Waals surface area contributed by atoms with Gasteiger partial charge in [0.15, 0.2) is 0 Å². The van der Waals surface area contributed by atoms with Crippen LogP contribution in [0.2, 0.25) is 0 Å². The van der Waals surface area contributed by atoms with E-state index in [1.807, 2.05) is 11.0 Å². The van der Waals surface area contributed by atoms with Gasteiger partial charge < -0.3 is 9.72 Å². The number of benzene rings is 1. The Balaban J connectivity index is 2.03. The summed E-state index contributed by atoms with van der Waals surface area (Å²) >= 11 is 0. The number of nitrogens with zero attached hydrogens (tertiary/aromatic N) is 1. The fraction of sp³-hybridized carbons (Fsp3) is 0.471. The maximum atomic E-state index is 12.1. The molecule has 1 aliphatic heterocycles. The van der Waals surface area contributed by atoms with Gasteiger partial charge >= 0.3 is 6.09 Å². The molecule has 2 aromatic rings. The lowest BCUT2D eigenvalue weighted by atomic mass is 9.94. The standard InChI is InChI=1S/C17H22N2O2/c1-3-4-9-15-16-13(10-11-19(15)17(20)21-2)12-7-5-6-8-14(12)18-16/h5-8,15,18H,3-4,9-11H2,1-2H3. The molecule has 0 aliphatic carbocycles. The number of fused-ring (bicyclic) bond motifs is 3. The zero-order chi connectivity index (χ0) is 14.8. The SMILES string of the molecule is CCCCC1c2[nH]c3ccccc3c2CCN1C(=O)OC. The smallest absolute Gasteiger partial charge is 0.410 e. The third-order valence-corrected chi connectivity index (χ3v) is 4.40. The van der Waals surface area contributed by atoms with E-state index >= 15 is 0 Å². The lowest BCUT2D eigenvalue weighted by Crippen LogP contribution is -2.40. The van der Waals surface area contributed by atoms with Crippen molar-refractivity contribution < 1.29 is 9.53 Å². The molecule has 1 N–H and O–H groups in total. The van der Waals surface area contributed by atoms with Crippen molar-refractivity contribution in [3.05, 3.63) is 35.5 Å². The maximum absolute atomic E-state index is 12.1. The van der Waals surface area contributed by atoms with Gasteiger partial charge in [-0.25, -0.2) is 4.79 Å². The summed E-state index contributed by atoms with van der Waals surface area (Å²) in [7, 11) is 1.46. The highest BCUT2D eigenvalue weighted by molar-refractivity contribution is 5.85. The lowest BCUT2D eigenvalue weighted by Gasteiger charge is -2.34. The van der Waals surface area contributed by atoms with Crippen molar-refractivity contribution in [1.29, 1.82) is 0 Å². The predicted octanol–water partition coefficient (Wildman–Crippen LogP) is 4.02. The molecule has 0 saturated carbocycles. The van der Waals surface area contributed by atoms with Gasteiger partial charge in [-0.1, -0.05) is 38.0 Å². The Morgan fingerprint density at radius 3 is 3.00 bits per heavy atom. The first-order chi connectivity index (χ1) is 10.3. The Kier molecular flexibility index (Phi) is 3.86. The quantitative estimate of drug-likeness (QED) is 0.926. The van der Waals surface area contributed by atoms with Crippen LogP contribution < -0.4 is 0 Å². The normalized spacial score (nSPS) is 17.8. The van der Waals surface area contributed by atoms with Crippen molar-refractivity contribution in [2.45, 2.75) is 38.6 Å². The number of nitrogens with one attached hydrogen (secondary N) is 1. The largest absolute Gasteiger partial charge is 0.453 e. The van der Waals surface area contributed by atoms with E-state index in [0.717, 1.165) is 37.7 Å². The van der Waals surface area contributed by atoms with Crippen molar-refractivity contribution in [3.63, 3.8) is 0 Å². The number of aromatic nitrogens is 1. The van der Waals surface area contributed by atoms with E-state index in [9.17, 15) is 4.79 Å². The van der Waals surface area contributed by atoms with Crippen molar-refractivity contribution in [1.82, 2.24) is 9.88 Å². The number of unbranched alkanes of at least 4 members (excludes halogenated alkanes) is 1. The van der Waals surface area contributed by atoms with E-state index in [0.29, 0.717) is 0 Å². The molecule has 4 nitrogen and oxygen atoms in total. The molecule has 21 heavy (non-hydrogen) atoms.